The second kappa shape index (κ2) is 13.4. The third-order valence-corrected chi connectivity index (χ3v) is 6.50. The van der Waals surface area contributed by atoms with Gasteiger partial charge >= 0.3 is 6.03 Å². The van der Waals surface area contributed by atoms with E-state index in [0.717, 1.165) is 49.8 Å². The Morgan fingerprint density at radius 2 is 1.45 bits per heavy atom. The number of urea groups is 1. The van der Waals surface area contributed by atoms with E-state index in [0.29, 0.717) is 30.3 Å². The summed E-state index contributed by atoms with van der Waals surface area (Å²) in [5.41, 5.74) is 2.82. The molecule has 9 heteroatoms. The number of ether oxygens (including phenoxy) is 4. The Bertz CT molecular complexity index is 1160. The zero-order valence-electron chi connectivity index (χ0n) is 22.2. The maximum atomic E-state index is 12.3. The summed E-state index contributed by atoms with van der Waals surface area (Å²) in [6.45, 7) is 5.69. The molecule has 1 aliphatic heterocycles. The number of hydrogen-bond donors (Lipinski definition) is 2. The van der Waals surface area contributed by atoms with E-state index < -0.39 is 0 Å². The zero-order chi connectivity index (χ0) is 26.7. The van der Waals surface area contributed by atoms with Crippen LogP contribution in [0.15, 0.2) is 66.7 Å². The summed E-state index contributed by atoms with van der Waals surface area (Å²) in [5.74, 6) is 2.94. The Morgan fingerprint density at radius 3 is 2.08 bits per heavy atom. The number of nitrogens with zero attached hydrogens (tertiary/aromatic N) is 2. The standard InChI is InChI=1S/C29H36N4O5/c1-35-25-9-5-23(6-10-25)31-29(34)30-21-22-4-13-27(28(20-22)37-3)38-19-18-32-14-16-33(17-15-32)24-7-11-26(36-2)12-8-24/h4-13,20H,14-19,21H2,1-3H3,(H2,30,31,34). The molecule has 0 spiro atoms. The van der Waals surface area contributed by atoms with Crippen LogP contribution in [0.1, 0.15) is 5.56 Å². The highest BCUT2D eigenvalue weighted by atomic mass is 16.5. The fourth-order valence-electron chi connectivity index (χ4n) is 4.28. The Balaban J connectivity index is 1.19. The van der Waals surface area contributed by atoms with Crippen molar-refractivity contribution >= 4 is 17.4 Å². The molecule has 0 bridgehead atoms. The molecular formula is C29H36N4O5. The van der Waals surface area contributed by atoms with Gasteiger partial charge in [-0.15, -0.1) is 0 Å². The lowest BCUT2D eigenvalue weighted by Gasteiger charge is -2.36. The number of benzene rings is 3. The topological polar surface area (TPSA) is 84.5 Å². The van der Waals surface area contributed by atoms with Crippen LogP contribution in [0.2, 0.25) is 0 Å². The average molecular weight is 521 g/mol. The van der Waals surface area contributed by atoms with Gasteiger partial charge in [-0.25, -0.2) is 4.79 Å². The maximum Gasteiger partial charge on any atom is 0.319 e. The summed E-state index contributed by atoms with van der Waals surface area (Å²) in [4.78, 5) is 17.1. The van der Waals surface area contributed by atoms with Crippen LogP contribution in [0.5, 0.6) is 23.0 Å². The van der Waals surface area contributed by atoms with E-state index >= 15 is 0 Å². The largest absolute Gasteiger partial charge is 0.497 e. The fourth-order valence-corrected chi connectivity index (χ4v) is 4.28. The summed E-state index contributed by atoms with van der Waals surface area (Å²) in [6.07, 6.45) is 0. The Kier molecular flexibility index (Phi) is 9.53. The van der Waals surface area contributed by atoms with Crippen LogP contribution in [0.4, 0.5) is 16.2 Å². The summed E-state index contributed by atoms with van der Waals surface area (Å²) in [5, 5.41) is 5.66. The molecule has 4 rings (SSSR count). The van der Waals surface area contributed by atoms with Crippen molar-refractivity contribution in [2.75, 3.05) is 70.9 Å². The van der Waals surface area contributed by atoms with E-state index in [4.69, 9.17) is 18.9 Å². The molecule has 0 aromatic heterocycles. The van der Waals surface area contributed by atoms with Crippen molar-refractivity contribution in [2.24, 2.45) is 0 Å². The van der Waals surface area contributed by atoms with Crippen molar-refractivity contribution < 1.29 is 23.7 Å². The van der Waals surface area contributed by atoms with Crippen molar-refractivity contribution in [2.45, 2.75) is 6.54 Å². The van der Waals surface area contributed by atoms with Gasteiger partial charge in [0.15, 0.2) is 11.5 Å². The molecule has 9 nitrogen and oxygen atoms in total. The molecule has 1 heterocycles. The Hall–Kier alpha value is -4.11. The normalized spacial score (nSPS) is 13.5. The van der Waals surface area contributed by atoms with Crippen LogP contribution >= 0.6 is 0 Å². The van der Waals surface area contributed by atoms with E-state index in [-0.39, 0.29) is 6.03 Å². The average Bonchev–Trinajstić information content (AvgIpc) is 2.97. The molecular weight excluding hydrogens is 484 g/mol. The van der Waals surface area contributed by atoms with E-state index in [1.807, 2.05) is 30.3 Å². The fraction of sp³-hybridized carbons (Fsp3) is 0.345. The first-order valence-corrected chi connectivity index (χ1v) is 12.7. The number of piperazine rings is 1. The van der Waals surface area contributed by atoms with Gasteiger partial charge in [-0.1, -0.05) is 6.07 Å². The molecule has 0 radical (unpaired) electrons. The lowest BCUT2D eigenvalue weighted by Crippen LogP contribution is -2.47. The number of nitrogens with one attached hydrogen (secondary N) is 2. The molecule has 1 fully saturated rings. The van der Waals surface area contributed by atoms with Gasteiger partial charge in [0.05, 0.1) is 21.3 Å². The van der Waals surface area contributed by atoms with Gasteiger partial charge in [0.25, 0.3) is 0 Å². The Labute approximate surface area is 224 Å². The zero-order valence-corrected chi connectivity index (χ0v) is 22.2. The van der Waals surface area contributed by atoms with Crippen LogP contribution in [-0.2, 0) is 6.54 Å². The van der Waals surface area contributed by atoms with Gasteiger partial charge in [0, 0.05) is 50.6 Å². The molecule has 1 aliphatic rings. The van der Waals surface area contributed by atoms with Crippen molar-refractivity contribution in [1.29, 1.82) is 0 Å². The number of methoxy groups -OCH3 is 3. The number of rotatable bonds is 11. The molecule has 0 saturated carbocycles. The van der Waals surface area contributed by atoms with Gasteiger partial charge < -0.3 is 34.5 Å². The second-order valence-corrected chi connectivity index (χ2v) is 8.90. The number of carbonyl (C=O) groups is 1. The molecule has 202 valence electrons. The summed E-state index contributed by atoms with van der Waals surface area (Å²) >= 11 is 0. The highest BCUT2D eigenvalue weighted by Crippen LogP contribution is 2.28. The number of carbonyl (C=O) groups excluding carboxylic acids is 1. The van der Waals surface area contributed by atoms with Crippen LogP contribution in [0.3, 0.4) is 0 Å². The minimum absolute atomic E-state index is 0.290. The van der Waals surface area contributed by atoms with E-state index in [9.17, 15) is 4.79 Å². The summed E-state index contributed by atoms with van der Waals surface area (Å²) < 4.78 is 22.0. The molecule has 0 atom stereocenters. The highest BCUT2D eigenvalue weighted by Gasteiger charge is 2.17. The molecule has 1 saturated heterocycles. The molecule has 0 aliphatic carbocycles. The number of anilines is 2. The van der Waals surface area contributed by atoms with E-state index in [1.54, 1.807) is 45.6 Å². The monoisotopic (exact) mass is 520 g/mol. The van der Waals surface area contributed by atoms with Crippen molar-refractivity contribution in [1.82, 2.24) is 10.2 Å². The third kappa shape index (κ3) is 7.45. The third-order valence-electron chi connectivity index (χ3n) is 6.50. The SMILES string of the molecule is COc1ccc(NC(=O)NCc2ccc(OCCN3CCN(c4ccc(OC)cc4)CC3)c(OC)c2)cc1. The predicted molar refractivity (Wildman–Crippen MR) is 149 cm³/mol. The molecule has 38 heavy (non-hydrogen) atoms. The van der Waals surface area contributed by atoms with Crippen LogP contribution < -0.4 is 34.5 Å². The molecule has 0 unspecified atom stereocenters. The minimum Gasteiger partial charge on any atom is -0.497 e. The summed E-state index contributed by atoms with van der Waals surface area (Å²) in [6, 6.07) is 20.8. The molecule has 3 aromatic carbocycles. The summed E-state index contributed by atoms with van der Waals surface area (Å²) in [7, 11) is 4.91. The van der Waals surface area contributed by atoms with Gasteiger partial charge in [-0.05, 0) is 66.2 Å². The van der Waals surface area contributed by atoms with Gasteiger partial charge in [0.2, 0.25) is 0 Å². The number of hydrogen-bond acceptors (Lipinski definition) is 7. The molecule has 2 amide bonds. The minimum atomic E-state index is -0.290. The van der Waals surface area contributed by atoms with E-state index in [2.05, 4.69) is 32.6 Å². The van der Waals surface area contributed by atoms with Crippen LogP contribution in [-0.4, -0.2) is 71.6 Å². The molecule has 2 N–H and O–H groups in total. The van der Waals surface area contributed by atoms with Gasteiger partial charge in [-0.3, -0.25) is 4.90 Å². The van der Waals surface area contributed by atoms with Gasteiger partial charge in [-0.2, -0.15) is 0 Å². The number of amides is 2. The van der Waals surface area contributed by atoms with Gasteiger partial charge in [0.1, 0.15) is 18.1 Å². The first-order valence-electron chi connectivity index (χ1n) is 12.7. The lowest BCUT2D eigenvalue weighted by molar-refractivity contribution is 0.197. The van der Waals surface area contributed by atoms with Crippen molar-refractivity contribution in [3.63, 3.8) is 0 Å². The first kappa shape index (κ1) is 26.9. The second-order valence-electron chi connectivity index (χ2n) is 8.90. The van der Waals surface area contributed by atoms with Crippen LogP contribution in [0.25, 0.3) is 0 Å². The van der Waals surface area contributed by atoms with Crippen molar-refractivity contribution in [3.05, 3.63) is 72.3 Å². The van der Waals surface area contributed by atoms with Crippen molar-refractivity contribution in [3.8, 4) is 23.0 Å². The lowest BCUT2D eigenvalue weighted by atomic mass is 10.2. The van der Waals surface area contributed by atoms with Crippen LogP contribution in [0, 0.1) is 0 Å². The molecule has 3 aromatic rings. The maximum absolute atomic E-state index is 12.3. The predicted octanol–water partition coefficient (Wildman–Crippen LogP) is 4.24. The first-order chi connectivity index (χ1) is 18.6. The highest BCUT2D eigenvalue weighted by molar-refractivity contribution is 5.89. The Morgan fingerprint density at radius 1 is 0.789 bits per heavy atom. The van der Waals surface area contributed by atoms with E-state index in [1.165, 1.54) is 5.69 Å². The smallest absolute Gasteiger partial charge is 0.319 e. The quantitative estimate of drug-likeness (QED) is 0.391.